The lowest BCUT2D eigenvalue weighted by atomic mass is 9.95. The number of amides is 1. The number of aryl methyl sites for hydroxylation is 2. The average Bonchev–Trinajstić information content (AvgIpc) is 3.61. The number of ketones is 1. The second-order valence-corrected chi connectivity index (χ2v) is 13.3. The lowest BCUT2D eigenvalue weighted by Gasteiger charge is -2.22. The van der Waals surface area contributed by atoms with Gasteiger partial charge in [-0.1, -0.05) is 106 Å². The van der Waals surface area contributed by atoms with Crippen molar-refractivity contribution in [1.82, 2.24) is 10.2 Å². The first kappa shape index (κ1) is 30.6. The summed E-state index contributed by atoms with van der Waals surface area (Å²) in [6.45, 7) is 4.45. The molecular weight excluding hydrogens is 626 g/mol. The minimum atomic E-state index is -0.955. The van der Waals surface area contributed by atoms with E-state index in [-0.39, 0.29) is 16.5 Å². The van der Waals surface area contributed by atoms with E-state index in [1.54, 1.807) is 48.5 Å². The molecule has 1 saturated heterocycles. The Balaban J connectivity index is 1.29. The molecule has 45 heavy (non-hydrogen) atoms. The van der Waals surface area contributed by atoms with Gasteiger partial charge in [-0.3, -0.25) is 14.5 Å². The summed E-state index contributed by atoms with van der Waals surface area (Å²) in [5.41, 5.74) is 5.37. The van der Waals surface area contributed by atoms with Crippen LogP contribution in [-0.2, 0) is 21.9 Å². The number of Topliss-reactive ketones (excluding diaryl/α,β-unsaturated/α-hetero) is 1. The summed E-state index contributed by atoms with van der Waals surface area (Å²) in [5, 5.41) is 20.8. The highest BCUT2D eigenvalue weighted by atomic mass is 35.5. The number of aliphatic hydroxyl groups excluding tert-OH is 1. The molecule has 2 heterocycles. The summed E-state index contributed by atoms with van der Waals surface area (Å²) in [6, 6.07) is 29.0. The number of aliphatic hydroxyl groups is 1. The predicted molar refractivity (Wildman–Crippen MR) is 179 cm³/mol. The molecule has 0 aliphatic carbocycles. The van der Waals surface area contributed by atoms with Crippen LogP contribution in [0.5, 0.6) is 5.75 Å². The number of benzene rings is 4. The van der Waals surface area contributed by atoms with Crippen LogP contribution in [0.2, 0.25) is 5.02 Å². The number of nitrogens with zero attached hydrogens (tertiary/aromatic N) is 3. The monoisotopic (exact) mass is 653 g/mol. The molecule has 4 aromatic carbocycles. The van der Waals surface area contributed by atoms with Crippen LogP contribution in [0, 0.1) is 13.8 Å². The van der Waals surface area contributed by atoms with Gasteiger partial charge in [-0.15, -0.1) is 10.2 Å². The second kappa shape index (κ2) is 13.3. The van der Waals surface area contributed by atoms with Crippen LogP contribution in [0.15, 0.2) is 107 Å². The number of thioether (sulfide) groups is 1. The Morgan fingerprint density at radius 3 is 2.40 bits per heavy atom. The molecule has 1 aliphatic rings. The fraction of sp³-hybridized carbons (Fsp3) is 0.143. The molecule has 1 aliphatic heterocycles. The maximum absolute atomic E-state index is 13.6. The Bertz CT molecular complexity index is 1910. The Kier molecular flexibility index (Phi) is 9.02. The molecule has 226 valence electrons. The highest BCUT2D eigenvalue weighted by Crippen LogP contribution is 2.44. The summed E-state index contributed by atoms with van der Waals surface area (Å²) in [6.07, 6.45) is 0. The third kappa shape index (κ3) is 6.81. The summed E-state index contributed by atoms with van der Waals surface area (Å²) >= 11 is 9.05. The van der Waals surface area contributed by atoms with Crippen LogP contribution in [0.25, 0.3) is 5.76 Å². The molecule has 1 unspecified atom stereocenters. The number of hydrogen-bond acceptors (Lipinski definition) is 8. The molecular formula is C35H28ClN3O4S2. The van der Waals surface area contributed by atoms with Crippen LogP contribution in [0.3, 0.4) is 0 Å². The number of ether oxygens (including phenoxy) is 1. The third-order valence-electron chi connectivity index (χ3n) is 7.31. The standard InChI is InChI=1S/C35H28ClN3O4S2/c1-21-9-11-23(12-10-21)20-44-35-38-37-34(45-35)39-30(26-7-4-8-27(36)18-26)29(32(41)33(39)42)31(40)25-13-15-28(16-14-25)43-19-24-6-3-5-22(2)17-24/h3-18,30,40H,19-20H2,1-2H3. The fourth-order valence-electron chi connectivity index (χ4n) is 5.04. The second-order valence-electron chi connectivity index (χ2n) is 10.7. The van der Waals surface area contributed by atoms with E-state index in [4.69, 9.17) is 16.3 Å². The first-order chi connectivity index (χ1) is 21.8. The predicted octanol–water partition coefficient (Wildman–Crippen LogP) is 8.31. The van der Waals surface area contributed by atoms with Gasteiger partial charge in [0, 0.05) is 16.3 Å². The van der Waals surface area contributed by atoms with E-state index < -0.39 is 17.7 Å². The highest BCUT2D eigenvalue weighted by molar-refractivity contribution is 8.00. The molecule has 1 fully saturated rings. The molecule has 1 atom stereocenters. The van der Waals surface area contributed by atoms with Crippen molar-refractivity contribution >= 4 is 57.3 Å². The normalized spacial score (nSPS) is 15.9. The Morgan fingerprint density at radius 2 is 1.67 bits per heavy atom. The molecule has 6 rings (SSSR count). The van der Waals surface area contributed by atoms with Crippen LogP contribution in [0.1, 0.15) is 39.4 Å². The summed E-state index contributed by atoms with van der Waals surface area (Å²) in [5.74, 6) is -0.642. The summed E-state index contributed by atoms with van der Waals surface area (Å²) in [7, 11) is 0. The van der Waals surface area contributed by atoms with Gasteiger partial charge in [-0.05, 0) is 66.9 Å². The average molecular weight is 654 g/mol. The van der Waals surface area contributed by atoms with E-state index in [0.717, 1.165) is 16.7 Å². The molecule has 7 nitrogen and oxygen atoms in total. The molecule has 5 aromatic rings. The van der Waals surface area contributed by atoms with E-state index in [2.05, 4.69) is 40.5 Å². The van der Waals surface area contributed by atoms with Crippen molar-refractivity contribution in [2.45, 2.75) is 36.6 Å². The smallest absolute Gasteiger partial charge is 0.301 e. The Labute approximate surface area is 274 Å². The fourth-order valence-corrected chi connectivity index (χ4v) is 7.06. The number of aromatic nitrogens is 2. The zero-order valence-corrected chi connectivity index (χ0v) is 26.8. The molecule has 0 spiro atoms. The zero-order chi connectivity index (χ0) is 31.5. The van der Waals surface area contributed by atoms with Gasteiger partial charge >= 0.3 is 5.91 Å². The number of anilines is 1. The Morgan fingerprint density at radius 1 is 0.911 bits per heavy atom. The number of halogens is 1. The lowest BCUT2D eigenvalue weighted by molar-refractivity contribution is -0.132. The van der Waals surface area contributed by atoms with E-state index in [0.29, 0.717) is 38.6 Å². The largest absolute Gasteiger partial charge is 0.507 e. The molecule has 1 aromatic heterocycles. The van der Waals surface area contributed by atoms with Crippen molar-refractivity contribution in [2.75, 3.05) is 4.90 Å². The summed E-state index contributed by atoms with van der Waals surface area (Å²) < 4.78 is 6.57. The van der Waals surface area contributed by atoms with Crippen molar-refractivity contribution < 1.29 is 19.4 Å². The SMILES string of the molecule is Cc1ccc(CSc2nnc(N3C(=O)C(=O)C(=C(O)c4ccc(OCc5cccc(C)c5)cc4)C3c3cccc(Cl)c3)s2)cc1. The van der Waals surface area contributed by atoms with E-state index in [9.17, 15) is 14.7 Å². The van der Waals surface area contributed by atoms with Crippen LogP contribution < -0.4 is 9.64 Å². The van der Waals surface area contributed by atoms with Gasteiger partial charge < -0.3 is 9.84 Å². The minimum absolute atomic E-state index is 0.0558. The van der Waals surface area contributed by atoms with E-state index >= 15 is 0 Å². The first-order valence-electron chi connectivity index (χ1n) is 14.1. The highest BCUT2D eigenvalue weighted by Gasteiger charge is 2.48. The van der Waals surface area contributed by atoms with E-state index in [1.807, 2.05) is 32.0 Å². The molecule has 0 bridgehead atoms. The molecule has 0 radical (unpaired) electrons. The number of carbonyl (C=O) groups is 2. The number of rotatable bonds is 9. The molecule has 1 N–H and O–H groups in total. The first-order valence-corrected chi connectivity index (χ1v) is 16.3. The van der Waals surface area contributed by atoms with Crippen molar-refractivity contribution in [3.05, 3.63) is 141 Å². The quantitative estimate of drug-likeness (QED) is 0.0562. The van der Waals surface area contributed by atoms with Crippen LogP contribution >= 0.6 is 34.7 Å². The minimum Gasteiger partial charge on any atom is -0.507 e. The van der Waals surface area contributed by atoms with Gasteiger partial charge in [0.2, 0.25) is 5.13 Å². The van der Waals surface area contributed by atoms with Crippen LogP contribution in [0.4, 0.5) is 5.13 Å². The van der Waals surface area contributed by atoms with Gasteiger partial charge in [0.25, 0.3) is 5.78 Å². The zero-order valence-electron chi connectivity index (χ0n) is 24.4. The number of hydrogen-bond donors (Lipinski definition) is 1. The van der Waals surface area contributed by atoms with Crippen molar-refractivity contribution in [3.63, 3.8) is 0 Å². The van der Waals surface area contributed by atoms with Crippen molar-refractivity contribution in [2.24, 2.45) is 0 Å². The topological polar surface area (TPSA) is 92.6 Å². The maximum Gasteiger partial charge on any atom is 0.301 e. The van der Waals surface area contributed by atoms with Gasteiger partial charge in [0.05, 0.1) is 11.6 Å². The van der Waals surface area contributed by atoms with Crippen molar-refractivity contribution in [3.8, 4) is 5.75 Å². The van der Waals surface area contributed by atoms with E-state index in [1.165, 1.54) is 33.6 Å². The molecule has 10 heteroatoms. The third-order valence-corrected chi connectivity index (χ3v) is 9.67. The van der Waals surface area contributed by atoms with Crippen LogP contribution in [-0.4, -0.2) is 27.0 Å². The van der Waals surface area contributed by atoms with Crippen molar-refractivity contribution in [1.29, 1.82) is 0 Å². The molecule has 0 saturated carbocycles. The van der Waals surface area contributed by atoms with Gasteiger partial charge in [-0.25, -0.2) is 0 Å². The molecule has 1 amide bonds. The van der Waals surface area contributed by atoms with Gasteiger partial charge in [0.15, 0.2) is 4.34 Å². The maximum atomic E-state index is 13.6. The lowest BCUT2D eigenvalue weighted by Crippen LogP contribution is -2.29. The van der Waals surface area contributed by atoms with Gasteiger partial charge in [0.1, 0.15) is 18.1 Å². The summed E-state index contributed by atoms with van der Waals surface area (Å²) in [4.78, 5) is 28.4. The Hall–Kier alpha value is -4.44. The number of carbonyl (C=O) groups excluding carboxylic acids is 2. The van der Waals surface area contributed by atoms with Gasteiger partial charge in [-0.2, -0.15) is 0 Å².